The first kappa shape index (κ1) is 7.54. The molecule has 0 aliphatic carbocycles. The van der Waals surface area contributed by atoms with E-state index >= 15 is 0 Å². The topological polar surface area (TPSA) is 38.9 Å². The fourth-order valence-corrected chi connectivity index (χ4v) is 0.621. The molecule has 0 amide bonds. The van der Waals surface area contributed by atoms with E-state index < -0.39 is 0 Å². The molecule has 56 valence electrons. The van der Waals surface area contributed by atoms with Gasteiger partial charge in [0, 0.05) is 5.41 Å². The highest BCUT2D eigenvalue weighted by atomic mass is 35.5. The van der Waals surface area contributed by atoms with Crippen molar-refractivity contribution >= 4 is 11.6 Å². The van der Waals surface area contributed by atoms with Crippen molar-refractivity contribution in [3.8, 4) is 0 Å². The van der Waals surface area contributed by atoms with Crippen molar-refractivity contribution in [2.24, 2.45) is 0 Å². The summed E-state index contributed by atoms with van der Waals surface area (Å²) in [4.78, 5) is 3.87. The Hall–Kier alpha value is -0.570. The van der Waals surface area contributed by atoms with E-state index in [-0.39, 0.29) is 10.7 Å². The third-order valence-corrected chi connectivity index (χ3v) is 1.20. The van der Waals surface area contributed by atoms with Gasteiger partial charge in [0.15, 0.2) is 0 Å². The number of aromatic nitrogens is 2. The molecule has 0 saturated carbocycles. The van der Waals surface area contributed by atoms with E-state index in [1.165, 1.54) is 0 Å². The molecule has 0 saturated heterocycles. The van der Waals surface area contributed by atoms with Gasteiger partial charge < -0.3 is 4.52 Å². The van der Waals surface area contributed by atoms with Gasteiger partial charge in [-0.15, -0.1) is 0 Å². The van der Waals surface area contributed by atoms with Gasteiger partial charge in [0.05, 0.1) is 0 Å². The molecule has 0 aromatic carbocycles. The number of halogens is 1. The maximum absolute atomic E-state index is 5.45. The molecule has 0 bridgehead atoms. The van der Waals surface area contributed by atoms with Crippen molar-refractivity contribution in [3.63, 3.8) is 0 Å². The molecule has 0 unspecified atom stereocenters. The Morgan fingerprint density at radius 1 is 1.40 bits per heavy atom. The maximum atomic E-state index is 5.45. The Morgan fingerprint density at radius 3 is 2.20 bits per heavy atom. The fourth-order valence-electron chi connectivity index (χ4n) is 0.510. The molecular weight excluding hydrogens is 152 g/mol. The van der Waals surface area contributed by atoms with E-state index in [9.17, 15) is 0 Å². The predicted octanol–water partition coefficient (Wildman–Crippen LogP) is 2.02. The first-order chi connectivity index (χ1) is 4.50. The Morgan fingerprint density at radius 2 is 2.00 bits per heavy atom. The van der Waals surface area contributed by atoms with E-state index in [1.54, 1.807) is 0 Å². The van der Waals surface area contributed by atoms with Crippen LogP contribution in [0, 0.1) is 0 Å². The molecule has 0 N–H and O–H groups in total. The van der Waals surface area contributed by atoms with Crippen LogP contribution in [0.15, 0.2) is 4.52 Å². The number of nitrogens with zero attached hydrogens (tertiary/aromatic N) is 2. The molecular formula is C6H9ClN2O. The summed E-state index contributed by atoms with van der Waals surface area (Å²) >= 11 is 5.45. The lowest BCUT2D eigenvalue weighted by Crippen LogP contribution is -2.11. The van der Waals surface area contributed by atoms with Gasteiger partial charge in [-0.25, -0.2) is 0 Å². The summed E-state index contributed by atoms with van der Waals surface area (Å²) in [5.41, 5.74) is -0.111. The number of hydrogen-bond acceptors (Lipinski definition) is 3. The van der Waals surface area contributed by atoms with Crippen LogP contribution in [0.3, 0.4) is 0 Å². The molecule has 0 aliphatic heterocycles. The minimum Gasteiger partial charge on any atom is -0.337 e. The Bertz CT molecular complexity index is 226. The summed E-state index contributed by atoms with van der Waals surface area (Å²) in [7, 11) is 0. The zero-order valence-electron chi connectivity index (χ0n) is 6.18. The highest BCUT2D eigenvalue weighted by molar-refractivity contribution is 6.28. The molecule has 1 aromatic rings. The summed E-state index contributed by atoms with van der Waals surface area (Å²) in [6, 6.07) is 0. The zero-order valence-corrected chi connectivity index (χ0v) is 6.94. The highest BCUT2D eigenvalue weighted by Crippen LogP contribution is 2.20. The number of hydrogen-bond donors (Lipinski definition) is 0. The van der Waals surface area contributed by atoms with Gasteiger partial charge in [-0.1, -0.05) is 20.8 Å². The van der Waals surface area contributed by atoms with Gasteiger partial charge >= 0.3 is 0 Å². The van der Waals surface area contributed by atoms with Crippen molar-refractivity contribution in [1.82, 2.24) is 10.1 Å². The third-order valence-electron chi connectivity index (χ3n) is 1.04. The van der Waals surface area contributed by atoms with E-state index in [1.807, 2.05) is 20.8 Å². The van der Waals surface area contributed by atoms with Gasteiger partial charge in [0.2, 0.25) is 5.89 Å². The van der Waals surface area contributed by atoms with E-state index in [4.69, 9.17) is 16.1 Å². The van der Waals surface area contributed by atoms with Gasteiger partial charge in [-0.05, 0) is 16.8 Å². The molecule has 0 radical (unpaired) electrons. The van der Waals surface area contributed by atoms with Gasteiger partial charge in [0.25, 0.3) is 5.28 Å². The van der Waals surface area contributed by atoms with Crippen LogP contribution in [0.2, 0.25) is 5.28 Å². The minimum atomic E-state index is -0.111. The normalized spacial score (nSPS) is 12.0. The third kappa shape index (κ3) is 1.48. The fraction of sp³-hybridized carbons (Fsp3) is 0.667. The van der Waals surface area contributed by atoms with Crippen molar-refractivity contribution in [3.05, 3.63) is 11.2 Å². The summed E-state index contributed by atoms with van der Waals surface area (Å²) in [5, 5.41) is 3.63. The second-order valence-electron chi connectivity index (χ2n) is 3.12. The summed E-state index contributed by atoms with van der Waals surface area (Å²) < 4.78 is 4.84. The van der Waals surface area contributed by atoms with Crippen LogP contribution in [0.25, 0.3) is 0 Å². The Kier molecular flexibility index (Phi) is 1.68. The Balaban J connectivity index is 2.96. The summed E-state index contributed by atoms with van der Waals surface area (Å²) in [6.45, 7) is 5.95. The lowest BCUT2D eigenvalue weighted by molar-refractivity contribution is 0.320. The molecule has 3 nitrogen and oxygen atoms in total. The summed E-state index contributed by atoms with van der Waals surface area (Å²) in [5.74, 6) is 0.567. The van der Waals surface area contributed by atoms with Crippen LogP contribution < -0.4 is 0 Å². The van der Waals surface area contributed by atoms with Crippen LogP contribution in [0.4, 0.5) is 0 Å². The molecule has 10 heavy (non-hydrogen) atoms. The van der Waals surface area contributed by atoms with Crippen LogP contribution >= 0.6 is 11.6 Å². The minimum absolute atomic E-state index is 0.111. The molecule has 0 fully saturated rings. The quantitative estimate of drug-likeness (QED) is 0.583. The lowest BCUT2D eigenvalue weighted by Gasteiger charge is -2.09. The van der Waals surface area contributed by atoms with Crippen molar-refractivity contribution < 1.29 is 4.52 Å². The average molecular weight is 161 g/mol. The average Bonchev–Trinajstić information content (AvgIpc) is 2.11. The van der Waals surface area contributed by atoms with E-state index in [0.717, 1.165) is 0 Å². The maximum Gasteiger partial charge on any atom is 0.263 e. The molecule has 0 aliphatic rings. The smallest absolute Gasteiger partial charge is 0.263 e. The van der Waals surface area contributed by atoms with Crippen molar-refractivity contribution in [2.45, 2.75) is 26.2 Å². The Labute approximate surface area is 64.4 Å². The molecule has 0 spiro atoms. The molecule has 1 aromatic heterocycles. The van der Waals surface area contributed by atoms with Crippen LogP contribution in [-0.4, -0.2) is 10.1 Å². The van der Waals surface area contributed by atoms with Crippen LogP contribution in [0.1, 0.15) is 26.7 Å². The second-order valence-corrected chi connectivity index (χ2v) is 3.46. The zero-order chi connectivity index (χ0) is 7.78. The monoisotopic (exact) mass is 160 g/mol. The predicted molar refractivity (Wildman–Crippen MR) is 38.0 cm³/mol. The summed E-state index contributed by atoms with van der Waals surface area (Å²) in [6.07, 6.45) is 0. The van der Waals surface area contributed by atoms with Gasteiger partial charge in [-0.3, -0.25) is 0 Å². The van der Waals surface area contributed by atoms with E-state index in [2.05, 4.69) is 10.1 Å². The standard InChI is InChI=1S/C6H9ClN2O/c1-6(2,3)4-8-5(7)9-10-4/h1-3H3. The van der Waals surface area contributed by atoms with Gasteiger partial charge in [-0.2, -0.15) is 4.98 Å². The first-order valence-electron chi connectivity index (χ1n) is 3.00. The molecule has 1 rings (SSSR count). The van der Waals surface area contributed by atoms with Crippen LogP contribution in [0.5, 0.6) is 0 Å². The largest absolute Gasteiger partial charge is 0.337 e. The van der Waals surface area contributed by atoms with Crippen molar-refractivity contribution in [1.29, 1.82) is 0 Å². The van der Waals surface area contributed by atoms with Crippen LogP contribution in [-0.2, 0) is 5.41 Å². The second kappa shape index (κ2) is 2.23. The van der Waals surface area contributed by atoms with Crippen molar-refractivity contribution in [2.75, 3.05) is 0 Å². The molecule has 4 heteroatoms. The van der Waals surface area contributed by atoms with Gasteiger partial charge in [0.1, 0.15) is 0 Å². The first-order valence-corrected chi connectivity index (χ1v) is 3.37. The SMILES string of the molecule is CC(C)(C)c1nc(Cl)no1. The highest BCUT2D eigenvalue weighted by Gasteiger charge is 2.20. The lowest BCUT2D eigenvalue weighted by atomic mass is 9.97. The van der Waals surface area contributed by atoms with E-state index in [0.29, 0.717) is 5.89 Å². The molecule has 1 heterocycles. The number of rotatable bonds is 0. The molecule has 0 atom stereocenters.